The number of benzene rings is 2. The zero-order chi connectivity index (χ0) is 15.1. The molecule has 1 atom stereocenters. The number of carbonyl (C=O) groups excluding carboxylic acids is 1. The first kappa shape index (κ1) is 15.1. The zero-order valence-corrected chi connectivity index (χ0v) is 12.5. The maximum Gasteiger partial charge on any atom is 0.258 e. The van der Waals surface area contributed by atoms with Gasteiger partial charge in [-0.05, 0) is 30.5 Å². The molecule has 2 aromatic rings. The van der Waals surface area contributed by atoms with Gasteiger partial charge in [0.25, 0.3) is 5.91 Å². The smallest absolute Gasteiger partial charge is 0.258 e. The summed E-state index contributed by atoms with van der Waals surface area (Å²) in [5.41, 5.74) is 2.20. The minimum Gasteiger partial charge on any atom is -0.483 e. The fourth-order valence-corrected chi connectivity index (χ4v) is 2.19. The van der Waals surface area contributed by atoms with Gasteiger partial charge in [-0.3, -0.25) is 4.79 Å². The molecule has 1 unspecified atom stereocenters. The molecule has 110 valence electrons. The standard InChI is InChI=1S/C18H21NO2/c1-3-15-9-7-8-12-17(15)21-13-18(20)19-14(2)16-10-5-4-6-11-16/h4-12,14H,3,13H2,1-2H3,(H,19,20). The van der Waals surface area contributed by atoms with E-state index in [0.717, 1.165) is 23.3 Å². The summed E-state index contributed by atoms with van der Waals surface area (Å²) in [7, 11) is 0. The van der Waals surface area contributed by atoms with Gasteiger partial charge in [0.05, 0.1) is 6.04 Å². The summed E-state index contributed by atoms with van der Waals surface area (Å²) < 4.78 is 5.61. The first-order valence-corrected chi connectivity index (χ1v) is 7.25. The van der Waals surface area contributed by atoms with Gasteiger partial charge in [-0.25, -0.2) is 0 Å². The Bertz CT molecular complexity index is 581. The molecule has 0 heterocycles. The number of rotatable bonds is 6. The molecule has 0 bridgehead atoms. The van der Waals surface area contributed by atoms with E-state index >= 15 is 0 Å². The Balaban J connectivity index is 1.88. The molecule has 1 amide bonds. The van der Waals surface area contributed by atoms with E-state index in [4.69, 9.17) is 4.74 Å². The van der Waals surface area contributed by atoms with Gasteiger partial charge in [0.1, 0.15) is 5.75 Å². The van der Waals surface area contributed by atoms with Gasteiger partial charge in [-0.15, -0.1) is 0 Å². The number of hydrogen-bond donors (Lipinski definition) is 1. The molecule has 0 saturated carbocycles. The lowest BCUT2D eigenvalue weighted by molar-refractivity contribution is -0.123. The molecule has 0 aliphatic heterocycles. The normalized spacial score (nSPS) is 11.7. The fourth-order valence-electron chi connectivity index (χ4n) is 2.19. The van der Waals surface area contributed by atoms with Crippen LogP contribution in [0.4, 0.5) is 0 Å². The molecule has 3 nitrogen and oxygen atoms in total. The number of ether oxygens (including phenoxy) is 1. The third kappa shape index (κ3) is 4.35. The molecule has 0 fully saturated rings. The molecule has 1 N–H and O–H groups in total. The molecule has 3 heteroatoms. The molecule has 0 spiro atoms. The SMILES string of the molecule is CCc1ccccc1OCC(=O)NC(C)c1ccccc1. The topological polar surface area (TPSA) is 38.3 Å². The van der Waals surface area contributed by atoms with Gasteiger partial charge in [-0.1, -0.05) is 55.5 Å². The number of para-hydroxylation sites is 1. The molecule has 0 saturated heterocycles. The van der Waals surface area contributed by atoms with Crippen molar-refractivity contribution in [3.05, 3.63) is 65.7 Å². The van der Waals surface area contributed by atoms with Crippen molar-refractivity contribution in [2.45, 2.75) is 26.3 Å². The second-order valence-corrected chi connectivity index (χ2v) is 4.95. The summed E-state index contributed by atoms with van der Waals surface area (Å²) in [4.78, 5) is 12.0. The predicted molar refractivity (Wildman–Crippen MR) is 84.3 cm³/mol. The Hall–Kier alpha value is -2.29. The lowest BCUT2D eigenvalue weighted by atomic mass is 10.1. The first-order valence-electron chi connectivity index (χ1n) is 7.25. The van der Waals surface area contributed by atoms with Gasteiger partial charge in [0.15, 0.2) is 6.61 Å². The Morgan fingerprint density at radius 3 is 2.48 bits per heavy atom. The van der Waals surface area contributed by atoms with E-state index in [1.807, 2.05) is 61.5 Å². The number of hydrogen-bond acceptors (Lipinski definition) is 2. The van der Waals surface area contributed by atoms with E-state index in [-0.39, 0.29) is 18.6 Å². The van der Waals surface area contributed by atoms with Gasteiger partial charge in [0, 0.05) is 0 Å². The number of amides is 1. The molecule has 2 rings (SSSR count). The maximum atomic E-state index is 12.0. The summed E-state index contributed by atoms with van der Waals surface area (Å²) in [6.07, 6.45) is 0.887. The van der Waals surface area contributed by atoms with Gasteiger partial charge in [-0.2, -0.15) is 0 Å². The molecule has 21 heavy (non-hydrogen) atoms. The summed E-state index contributed by atoms with van der Waals surface area (Å²) in [5.74, 6) is 0.666. The lowest BCUT2D eigenvalue weighted by Crippen LogP contribution is -2.31. The highest BCUT2D eigenvalue weighted by Gasteiger charge is 2.10. The zero-order valence-electron chi connectivity index (χ0n) is 12.5. The van der Waals surface area contributed by atoms with Crippen LogP contribution in [0, 0.1) is 0 Å². The largest absolute Gasteiger partial charge is 0.483 e. The highest BCUT2D eigenvalue weighted by molar-refractivity contribution is 5.78. The molecule has 0 radical (unpaired) electrons. The third-order valence-corrected chi connectivity index (χ3v) is 3.39. The van der Waals surface area contributed by atoms with Crippen LogP contribution < -0.4 is 10.1 Å². The molecule has 2 aromatic carbocycles. The number of nitrogens with one attached hydrogen (secondary N) is 1. The van der Waals surface area contributed by atoms with Crippen molar-refractivity contribution in [2.75, 3.05) is 6.61 Å². The maximum absolute atomic E-state index is 12.0. The lowest BCUT2D eigenvalue weighted by Gasteiger charge is -2.15. The average molecular weight is 283 g/mol. The van der Waals surface area contributed by atoms with Crippen molar-refractivity contribution < 1.29 is 9.53 Å². The minimum atomic E-state index is -0.114. The quantitative estimate of drug-likeness (QED) is 0.881. The average Bonchev–Trinajstić information content (AvgIpc) is 2.54. The van der Waals surface area contributed by atoms with E-state index in [2.05, 4.69) is 12.2 Å². The van der Waals surface area contributed by atoms with Crippen LogP contribution in [-0.2, 0) is 11.2 Å². The van der Waals surface area contributed by atoms with E-state index in [1.165, 1.54) is 0 Å². The van der Waals surface area contributed by atoms with E-state index in [0.29, 0.717) is 0 Å². The first-order chi connectivity index (χ1) is 10.2. The molecule has 0 aliphatic carbocycles. The van der Waals surface area contributed by atoms with Crippen LogP contribution in [0.25, 0.3) is 0 Å². The van der Waals surface area contributed by atoms with Gasteiger partial charge >= 0.3 is 0 Å². The molecular weight excluding hydrogens is 262 g/mol. The number of carbonyl (C=O) groups is 1. The third-order valence-electron chi connectivity index (χ3n) is 3.39. The minimum absolute atomic E-state index is 0.0243. The summed E-state index contributed by atoms with van der Waals surface area (Å²) in [5, 5.41) is 2.94. The van der Waals surface area contributed by atoms with Crippen molar-refractivity contribution in [3.63, 3.8) is 0 Å². The second-order valence-electron chi connectivity index (χ2n) is 4.95. The number of aryl methyl sites for hydroxylation is 1. The van der Waals surface area contributed by atoms with Crippen molar-refractivity contribution >= 4 is 5.91 Å². The second kappa shape index (κ2) is 7.48. The fraction of sp³-hybridized carbons (Fsp3) is 0.278. The predicted octanol–water partition coefficient (Wildman–Crippen LogP) is 3.51. The summed E-state index contributed by atoms with van der Waals surface area (Å²) in [6.45, 7) is 4.07. The Morgan fingerprint density at radius 2 is 1.76 bits per heavy atom. The molecular formula is C18H21NO2. The summed E-state index contributed by atoms with van der Waals surface area (Å²) >= 11 is 0. The Kier molecular flexibility index (Phi) is 5.38. The van der Waals surface area contributed by atoms with E-state index < -0.39 is 0 Å². The Labute approximate surface area is 126 Å². The van der Waals surface area contributed by atoms with Crippen LogP contribution in [0.5, 0.6) is 5.75 Å². The summed E-state index contributed by atoms with van der Waals surface area (Å²) in [6, 6.07) is 17.7. The van der Waals surface area contributed by atoms with Crippen LogP contribution in [0.2, 0.25) is 0 Å². The van der Waals surface area contributed by atoms with Crippen LogP contribution in [0.3, 0.4) is 0 Å². The molecule has 0 aliphatic rings. The molecule has 0 aromatic heterocycles. The van der Waals surface area contributed by atoms with Crippen LogP contribution in [0.1, 0.15) is 31.0 Å². The van der Waals surface area contributed by atoms with Crippen molar-refractivity contribution in [2.24, 2.45) is 0 Å². The van der Waals surface area contributed by atoms with Crippen LogP contribution in [-0.4, -0.2) is 12.5 Å². The van der Waals surface area contributed by atoms with Gasteiger partial charge in [0.2, 0.25) is 0 Å². The van der Waals surface area contributed by atoms with Crippen molar-refractivity contribution in [1.82, 2.24) is 5.32 Å². The monoisotopic (exact) mass is 283 g/mol. The van der Waals surface area contributed by atoms with Crippen molar-refractivity contribution in [1.29, 1.82) is 0 Å². The Morgan fingerprint density at radius 1 is 1.10 bits per heavy atom. The van der Waals surface area contributed by atoms with Crippen LogP contribution in [0.15, 0.2) is 54.6 Å². The van der Waals surface area contributed by atoms with Crippen molar-refractivity contribution in [3.8, 4) is 5.75 Å². The highest BCUT2D eigenvalue weighted by atomic mass is 16.5. The highest BCUT2D eigenvalue weighted by Crippen LogP contribution is 2.18. The van der Waals surface area contributed by atoms with Crippen LogP contribution >= 0.6 is 0 Å². The van der Waals surface area contributed by atoms with E-state index in [1.54, 1.807) is 0 Å². The van der Waals surface area contributed by atoms with Gasteiger partial charge < -0.3 is 10.1 Å². The van der Waals surface area contributed by atoms with E-state index in [9.17, 15) is 4.79 Å².